The van der Waals surface area contributed by atoms with E-state index < -0.39 is 11.1 Å². The highest BCUT2D eigenvalue weighted by molar-refractivity contribution is 8.00. The van der Waals surface area contributed by atoms with Gasteiger partial charge in [-0.3, -0.25) is 9.36 Å². The normalized spacial score (nSPS) is 12.1. The first kappa shape index (κ1) is 17.2. The molecular weight excluding hydrogens is 343 g/mol. The summed E-state index contributed by atoms with van der Waals surface area (Å²) in [4.78, 5) is 12.3. The number of benzene rings is 1. The van der Waals surface area contributed by atoms with Crippen LogP contribution in [0.25, 0.3) is 11.6 Å². The number of hydrogen-bond acceptors (Lipinski definition) is 5. The van der Waals surface area contributed by atoms with E-state index in [1.165, 1.54) is 23.9 Å². The molecule has 25 heavy (non-hydrogen) atoms. The zero-order valence-corrected chi connectivity index (χ0v) is 14.6. The molecule has 1 atom stereocenters. The van der Waals surface area contributed by atoms with Gasteiger partial charge >= 0.3 is 0 Å². The molecule has 0 aliphatic carbocycles. The summed E-state index contributed by atoms with van der Waals surface area (Å²) in [5, 5.41) is 11.0. The minimum absolute atomic E-state index is 0.160. The molecule has 8 heteroatoms. The number of carbonyl (C=O) groups is 1. The lowest BCUT2D eigenvalue weighted by Crippen LogP contribution is -2.23. The van der Waals surface area contributed by atoms with Crippen molar-refractivity contribution in [2.45, 2.75) is 30.8 Å². The van der Waals surface area contributed by atoms with Gasteiger partial charge in [0.05, 0.1) is 17.2 Å². The van der Waals surface area contributed by atoms with Gasteiger partial charge in [-0.2, -0.15) is 0 Å². The summed E-state index contributed by atoms with van der Waals surface area (Å²) in [5.41, 5.74) is 0.160. The van der Waals surface area contributed by atoms with Gasteiger partial charge in [0, 0.05) is 6.54 Å². The van der Waals surface area contributed by atoms with Crippen LogP contribution in [0.3, 0.4) is 0 Å². The standard InChI is InChI=1S/C17H17FN4O2S/c1-3-22-15(14-9-6-10-24-14)20-21-17(22)25-11(2)16(23)19-13-8-5-4-7-12(13)18/h4-11H,3H2,1-2H3,(H,19,23)/t11-/m1/s1. The number of nitrogens with zero attached hydrogens (tertiary/aromatic N) is 3. The van der Waals surface area contributed by atoms with Crippen molar-refractivity contribution in [1.29, 1.82) is 0 Å². The second kappa shape index (κ2) is 7.52. The Hall–Kier alpha value is -2.61. The summed E-state index contributed by atoms with van der Waals surface area (Å²) in [7, 11) is 0. The Morgan fingerprint density at radius 3 is 2.80 bits per heavy atom. The van der Waals surface area contributed by atoms with Crippen molar-refractivity contribution in [1.82, 2.24) is 14.8 Å². The van der Waals surface area contributed by atoms with Gasteiger partial charge < -0.3 is 9.73 Å². The number of anilines is 1. The van der Waals surface area contributed by atoms with Gasteiger partial charge in [-0.25, -0.2) is 4.39 Å². The van der Waals surface area contributed by atoms with Crippen LogP contribution in [0.15, 0.2) is 52.2 Å². The van der Waals surface area contributed by atoms with E-state index in [0.717, 1.165) is 0 Å². The Kier molecular flexibility index (Phi) is 5.18. The molecule has 2 heterocycles. The molecule has 1 aromatic carbocycles. The maximum absolute atomic E-state index is 13.7. The van der Waals surface area contributed by atoms with Crippen LogP contribution >= 0.6 is 11.8 Å². The van der Waals surface area contributed by atoms with Crippen LogP contribution in [0.4, 0.5) is 10.1 Å². The van der Waals surface area contributed by atoms with E-state index in [0.29, 0.717) is 23.3 Å². The first-order chi connectivity index (χ1) is 12.1. The van der Waals surface area contributed by atoms with Gasteiger partial charge in [-0.15, -0.1) is 10.2 Å². The monoisotopic (exact) mass is 360 g/mol. The largest absolute Gasteiger partial charge is 0.461 e. The number of aromatic nitrogens is 3. The summed E-state index contributed by atoms with van der Waals surface area (Å²) in [6, 6.07) is 9.65. The van der Waals surface area contributed by atoms with Crippen LogP contribution in [-0.4, -0.2) is 25.9 Å². The van der Waals surface area contributed by atoms with Crippen LogP contribution in [0, 0.1) is 5.82 Å². The molecule has 130 valence electrons. The Balaban J connectivity index is 1.74. The molecule has 0 spiro atoms. The minimum atomic E-state index is -0.474. The summed E-state index contributed by atoms with van der Waals surface area (Å²) >= 11 is 1.26. The summed E-state index contributed by atoms with van der Waals surface area (Å²) < 4.78 is 20.9. The van der Waals surface area contributed by atoms with Crippen molar-refractivity contribution >= 4 is 23.4 Å². The molecule has 0 saturated carbocycles. The topological polar surface area (TPSA) is 73.0 Å². The quantitative estimate of drug-likeness (QED) is 0.677. The van der Waals surface area contributed by atoms with Crippen LogP contribution in [0.5, 0.6) is 0 Å². The minimum Gasteiger partial charge on any atom is -0.461 e. The van der Waals surface area contributed by atoms with E-state index in [1.807, 2.05) is 11.5 Å². The fraction of sp³-hybridized carbons (Fsp3) is 0.235. The highest BCUT2D eigenvalue weighted by Gasteiger charge is 2.21. The average Bonchev–Trinajstić information content (AvgIpc) is 3.25. The van der Waals surface area contributed by atoms with Gasteiger partial charge in [0.1, 0.15) is 5.82 Å². The summed E-state index contributed by atoms with van der Waals surface area (Å²) in [6.45, 7) is 4.33. The average molecular weight is 360 g/mol. The molecule has 0 bridgehead atoms. The zero-order chi connectivity index (χ0) is 17.8. The number of carbonyl (C=O) groups excluding carboxylic acids is 1. The number of thioether (sulfide) groups is 1. The third-order valence-corrected chi connectivity index (χ3v) is 4.64. The Morgan fingerprint density at radius 1 is 1.32 bits per heavy atom. The third kappa shape index (κ3) is 3.74. The maximum Gasteiger partial charge on any atom is 0.237 e. The molecule has 0 unspecified atom stereocenters. The smallest absolute Gasteiger partial charge is 0.237 e. The van der Waals surface area contributed by atoms with Crippen molar-refractivity contribution in [3.8, 4) is 11.6 Å². The van der Waals surface area contributed by atoms with E-state index in [-0.39, 0.29) is 11.6 Å². The third-order valence-electron chi connectivity index (χ3n) is 3.56. The van der Waals surface area contributed by atoms with E-state index in [2.05, 4.69) is 15.5 Å². The predicted octanol–water partition coefficient (Wildman–Crippen LogP) is 3.82. The van der Waals surface area contributed by atoms with E-state index >= 15 is 0 Å². The number of hydrogen-bond donors (Lipinski definition) is 1. The summed E-state index contributed by atoms with van der Waals surface area (Å²) in [5.74, 6) is 0.451. The van der Waals surface area contributed by atoms with Gasteiger partial charge in [-0.1, -0.05) is 23.9 Å². The van der Waals surface area contributed by atoms with Crippen molar-refractivity contribution < 1.29 is 13.6 Å². The van der Waals surface area contributed by atoms with Crippen molar-refractivity contribution in [2.75, 3.05) is 5.32 Å². The van der Waals surface area contributed by atoms with E-state index in [9.17, 15) is 9.18 Å². The van der Waals surface area contributed by atoms with Crippen molar-refractivity contribution in [3.63, 3.8) is 0 Å². The van der Waals surface area contributed by atoms with Gasteiger partial charge in [0.25, 0.3) is 0 Å². The molecule has 0 aliphatic heterocycles. The molecule has 2 aromatic heterocycles. The second-order valence-electron chi connectivity index (χ2n) is 5.26. The first-order valence-electron chi connectivity index (χ1n) is 7.79. The molecular formula is C17H17FN4O2S. The number of furan rings is 1. The lowest BCUT2D eigenvalue weighted by molar-refractivity contribution is -0.115. The highest BCUT2D eigenvalue weighted by atomic mass is 32.2. The molecule has 0 radical (unpaired) electrons. The molecule has 3 rings (SSSR count). The fourth-order valence-electron chi connectivity index (χ4n) is 2.26. The molecule has 1 amide bonds. The summed E-state index contributed by atoms with van der Waals surface area (Å²) in [6.07, 6.45) is 1.57. The van der Waals surface area contributed by atoms with Crippen LogP contribution in [0.2, 0.25) is 0 Å². The first-order valence-corrected chi connectivity index (χ1v) is 8.67. The Bertz CT molecular complexity index is 863. The number of para-hydroxylation sites is 1. The molecule has 6 nitrogen and oxygen atoms in total. The lowest BCUT2D eigenvalue weighted by atomic mass is 10.3. The Morgan fingerprint density at radius 2 is 2.12 bits per heavy atom. The van der Waals surface area contributed by atoms with Gasteiger partial charge in [-0.05, 0) is 38.1 Å². The number of rotatable bonds is 6. The van der Waals surface area contributed by atoms with Gasteiger partial charge in [0.2, 0.25) is 5.91 Å². The maximum atomic E-state index is 13.7. The fourth-order valence-corrected chi connectivity index (χ4v) is 3.17. The zero-order valence-electron chi connectivity index (χ0n) is 13.8. The van der Waals surface area contributed by atoms with Gasteiger partial charge in [0.15, 0.2) is 16.7 Å². The molecule has 0 aliphatic rings. The number of amides is 1. The molecule has 0 fully saturated rings. The number of nitrogens with one attached hydrogen (secondary N) is 1. The van der Waals surface area contributed by atoms with Crippen LogP contribution in [-0.2, 0) is 11.3 Å². The molecule has 1 N–H and O–H groups in total. The van der Waals surface area contributed by atoms with E-state index in [4.69, 9.17) is 4.42 Å². The van der Waals surface area contributed by atoms with Crippen molar-refractivity contribution in [2.24, 2.45) is 0 Å². The van der Waals surface area contributed by atoms with E-state index in [1.54, 1.807) is 37.5 Å². The van der Waals surface area contributed by atoms with Crippen molar-refractivity contribution in [3.05, 3.63) is 48.5 Å². The van der Waals surface area contributed by atoms with Crippen LogP contribution in [0.1, 0.15) is 13.8 Å². The predicted molar refractivity (Wildman–Crippen MR) is 93.7 cm³/mol. The van der Waals surface area contributed by atoms with Crippen LogP contribution < -0.4 is 5.32 Å². The lowest BCUT2D eigenvalue weighted by Gasteiger charge is -2.12. The Labute approximate surface area is 148 Å². The molecule has 0 saturated heterocycles. The second-order valence-corrected chi connectivity index (χ2v) is 6.56. The SMILES string of the molecule is CCn1c(S[C@H](C)C(=O)Nc2ccccc2F)nnc1-c1ccco1. The molecule has 3 aromatic rings. The number of halogens is 1. The highest BCUT2D eigenvalue weighted by Crippen LogP contribution is 2.27.